The van der Waals surface area contributed by atoms with Crippen molar-refractivity contribution in [3.8, 4) is 22.8 Å². The van der Waals surface area contributed by atoms with Crippen molar-refractivity contribution in [1.82, 2.24) is 29.8 Å². The summed E-state index contributed by atoms with van der Waals surface area (Å²) in [6, 6.07) is 20.7. The van der Waals surface area contributed by atoms with Crippen molar-refractivity contribution in [2.75, 3.05) is 6.61 Å². The van der Waals surface area contributed by atoms with Gasteiger partial charge in [0.1, 0.15) is 17.0 Å². The quantitative estimate of drug-likeness (QED) is 0.210. The zero-order valence-corrected chi connectivity index (χ0v) is 26.2. The molecule has 2 N–H and O–H groups in total. The molecule has 47 heavy (non-hydrogen) atoms. The normalized spacial score (nSPS) is 16.4. The molecule has 10 nitrogen and oxygen atoms in total. The van der Waals surface area contributed by atoms with E-state index in [1.54, 1.807) is 16.9 Å². The number of carbonyl (C=O) groups is 1. The van der Waals surface area contributed by atoms with Gasteiger partial charge in [0, 0.05) is 53.5 Å². The van der Waals surface area contributed by atoms with E-state index in [0.717, 1.165) is 40.6 Å². The largest absolute Gasteiger partial charge is 0.481 e. The molecule has 1 unspecified atom stereocenters. The third-order valence-electron chi connectivity index (χ3n) is 8.67. The fourth-order valence-electron chi connectivity index (χ4n) is 6.14. The summed E-state index contributed by atoms with van der Waals surface area (Å²) in [5.74, 6) is -0.725. The highest BCUT2D eigenvalue weighted by Gasteiger charge is 2.27. The average Bonchev–Trinajstić information content (AvgIpc) is 3.83. The molecule has 0 radical (unpaired) electrons. The van der Waals surface area contributed by atoms with Crippen molar-refractivity contribution in [3.63, 3.8) is 0 Å². The van der Waals surface area contributed by atoms with Gasteiger partial charge in [0.2, 0.25) is 0 Å². The van der Waals surface area contributed by atoms with E-state index in [9.17, 15) is 9.90 Å². The Balaban J connectivity index is 1.30. The first-order valence-corrected chi connectivity index (χ1v) is 15.7. The second kappa shape index (κ2) is 12.5. The van der Waals surface area contributed by atoms with Crippen molar-refractivity contribution in [2.45, 2.75) is 57.7 Å². The van der Waals surface area contributed by atoms with Crippen molar-refractivity contribution in [3.05, 3.63) is 114 Å². The van der Waals surface area contributed by atoms with E-state index in [2.05, 4.69) is 27.4 Å². The Morgan fingerprint density at radius 2 is 2.00 bits per heavy atom. The Hall–Kier alpha value is -5.29. The Kier molecular flexibility index (Phi) is 8.07. The summed E-state index contributed by atoms with van der Waals surface area (Å²) in [5.41, 5.74) is 4.80. The fourth-order valence-corrected chi connectivity index (χ4v) is 6.14. The number of carboxylic acid groups (broad SMARTS) is 1. The number of aliphatic carboxylic acids is 1. The van der Waals surface area contributed by atoms with Crippen molar-refractivity contribution >= 4 is 16.9 Å². The molecule has 3 aromatic heterocycles. The molecule has 6 aromatic rings. The van der Waals surface area contributed by atoms with E-state index in [-0.39, 0.29) is 24.8 Å². The number of fused-ring (bicyclic) bond motifs is 10. The van der Waals surface area contributed by atoms with Crippen molar-refractivity contribution in [1.29, 1.82) is 0 Å². The molecule has 0 aliphatic carbocycles. The van der Waals surface area contributed by atoms with E-state index >= 15 is 4.39 Å². The van der Waals surface area contributed by atoms with E-state index in [0.29, 0.717) is 35.6 Å². The highest BCUT2D eigenvalue weighted by Crippen LogP contribution is 2.37. The minimum Gasteiger partial charge on any atom is -0.481 e. The van der Waals surface area contributed by atoms with Gasteiger partial charge >= 0.3 is 5.97 Å². The van der Waals surface area contributed by atoms with Crippen LogP contribution in [0.1, 0.15) is 61.5 Å². The first-order valence-electron chi connectivity index (χ1n) is 15.7. The molecule has 1 atom stereocenters. The number of nitrogens with zero attached hydrogens (tertiary/aromatic N) is 5. The third kappa shape index (κ3) is 6.39. The Bertz CT molecular complexity index is 2060. The molecule has 0 spiro atoms. The number of aryl methyl sites for hydroxylation is 1. The van der Waals surface area contributed by atoms with Gasteiger partial charge in [-0.25, -0.2) is 9.07 Å². The highest BCUT2D eigenvalue weighted by molar-refractivity contribution is 5.85. The molecule has 0 fully saturated rings. The van der Waals surface area contributed by atoms with Gasteiger partial charge in [-0.2, -0.15) is 5.10 Å². The molecule has 0 saturated heterocycles. The van der Waals surface area contributed by atoms with Crippen LogP contribution in [0.25, 0.3) is 22.2 Å². The zero-order valence-electron chi connectivity index (χ0n) is 26.2. The lowest BCUT2D eigenvalue weighted by atomic mass is 9.98. The molecular formula is C36H35FN6O4. The number of rotatable bonds is 4. The average molecular weight is 635 g/mol. The predicted octanol–water partition coefficient (Wildman–Crippen LogP) is 7.25. The standard InChI is InChI=1S/C36H35FN6O4/c1-36(2)33-22-42(41-39-33)21-28-27-13-15-38-31(27)20-29(37)35(28)47-26-9-4-7-24(19-26)30-14-16-43(40-30)32(10-5-17-46-36)25-8-3-6-23(18-25)11-12-34(44)45/h3-4,6-9,13-16,18-20,22,32,38H,5,10-12,17,21H2,1-2H3,(H,44,45). The fraction of sp³-hybridized carbons (Fsp3) is 0.278. The lowest BCUT2D eigenvalue weighted by Gasteiger charge is -2.24. The van der Waals surface area contributed by atoms with Crippen LogP contribution in [0.5, 0.6) is 11.5 Å². The lowest BCUT2D eigenvalue weighted by molar-refractivity contribution is -0.136. The SMILES string of the molecule is CC1(C)OCCCC(c2cccc(CCC(=O)O)c2)n2ccc(n2)-c2cccc(c2)Oc2c(F)cc3[nH]ccc3c2Cn2cc1nn2. The van der Waals surface area contributed by atoms with E-state index in [1.807, 2.05) is 73.4 Å². The number of carboxylic acids is 1. The number of benzene rings is 3. The summed E-state index contributed by atoms with van der Waals surface area (Å²) in [4.78, 5) is 14.3. The molecule has 0 saturated carbocycles. The van der Waals surface area contributed by atoms with E-state index in [4.69, 9.17) is 14.6 Å². The first-order chi connectivity index (χ1) is 22.7. The summed E-state index contributed by atoms with van der Waals surface area (Å²) >= 11 is 0. The molecule has 11 heteroatoms. The van der Waals surface area contributed by atoms with Crippen LogP contribution < -0.4 is 4.74 Å². The summed E-state index contributed by atoms with van der Waals surface area (Å²) in [5, 5.41) is 23.8. The Labute approximate surface area is 270 Å². The van der Waals surface area contributed by atoms with Crippen LogP contribution in [-0.4, -0.2) is 47.4 Å². The van der Waals surface area contributed by atoms with Gasteiger partial charge in [0.25, 0.3) is 0 Å². The molecule has 3 aromatic carbocycles. The third-order valence-corrected chi connectivity index (χ3v) is 8.67. The summed E-state index contributed by atoms with van der Waals surface area (Å²) in [6.07, 6.45) is 7.55. The summed E-state index contributed by atoms with van der Waals surface area (Å²) in [7, 11) is 0. The molecule has 1 aliphatic heterocycles. The van der Waals surface area contributed by atoms with Gasteiger partial charge in [0.05, 0.1) is 24.5 Å². The number of ether oxygens (including phenoxy) is 2. The van der Waals surface area contributed by atoms with Gasteiger partial charge in [-0.1, -0.05) is 41.6 Å². The first kappa shape index (κ1) is 30.4. The van der Waals surface area contributed by atoms with E-state index in [1.165, 1.54) is 6.07 Å². The maximum atomic E-state index is 15.7. The minimum atomic E-state index is -0.825. The second-order valence-corrected chi connectivity index (χ2v) is 12.4. The smallest absolute Gasteiger partial charge is 0.303 e. The molecular weight excluding hydrogens is 599 g/mol. The van der Waals surface area contributed by atoms with Gasteiger partial charge < -0.3 is 19.6 Å². The number of aromatic nitrogens is 6. The van der Waals surface area contributed by atoms with Gasteiger partial charge in [0.15, 0.2) is 11.6 Å². The predicted molar refractivity (Wildman–Crippen MR) is 174 cm³/mol. The van der Waals surface area contributed by atoms with Gasteiger partial charge in [-0.05, 0) is 68.5 Å². The van der Waals surface area contributed by atoms with Crippen molar-refractivity contribution < 1.29 is 23.8 Å². The molecule has 6 bridgehead atoms. The Morgan fingerprint density at radius 3 is 2.87 bits per heavy atom. The number of nitrogens with one attached hydrogen (secondary N) is 1. The van der Waals surface area contributed by atoms with Gasteiger partial charge in [-0.15, -0.1) is 5.10 Å². The molecule has 1 aliphatic rings. The van der Waals surface area contributed by atoms with Crippen LogP contribution in [-0.2, 0) is 28.1 Å². The highest BCUT2D eigenvalue weighted by atomic mass is 19.1. The van der Waals surface area contributed by atoms with Crippen LogP contribution in [0.3, 0.4) is 0 Å². The minimum absolute atomic E-state index is 0.0659. The lowest BCUT2D eigenvalue weighted by Crippen LogP contribution is -2.23. The maximum absolute atomic E-state index is 15.7. The summed E-state index contributed by atoms with van der Waals surface area (Å²) in [6.45, 7) is 4.63. The molecule has 4 heterocycles. The zero-order chi connectivity index (χ0) is 32.5. The monoisotopic (exact) mass is 634 g/mol. The topological polar surface area (TPSA) is 120 Å². The second-order valence-electron chi connectivity index (χ2n) is 12.4. The van der Waals surface area contributed by atoms with Gasteiger partial charge in [-0.3, -0.25) is 9.48 Å². The Morgan fingerprint density at radius 1 is 1.13 bits per heavy atom. The number of hydrogen-bond donors (Lipinski definition) is 2. The van der Waals surface area contributed by atoms with Crippen LogP contribution in [0, 0.1) is 5.82 Å². The van der Waals surface area contributed by atoms with Crippen LogP contribution in [0.15, 0.2) is 85.3 Å². The van der Waals surface area contributed by atoms with Crippen molar-refractivity contribution in [2.24, 2.45) is 0 Å². The molecule has 7 rings (SSSR count). The summed E-state index contributed by atoms with van der Waals surface area (Å²) < 4.78 is 32.0. The number of aromatic amines is 1. The number of halogens is 1. The van der Waals surface area contributed by atoms with E-state index < -0.39 is 17.4 Å². The maximum Gasteiger partial charge on any atom is 0.303 e. The van der Waals surface area contributed by atoms with Crippen LogP contribution >= 0.6 is 0 Å². The van der Waals surface area contributed by atoms with Crippen LogP contribution in [0.2, 0.25) is 0 Å². The number of hydrogen-bond acceptors (Lipinski definition) is 6. The van der Waals surface area contributed by atoms with Crippen LogP contribution in [0.4, 0.5) is 4.39 Å². The molecule has 240 valence electrons. The molecule has 0 amide bonds. The number of H-pyrrole nitrogens is 1.